The first-order chi connectivity index (χ1) is 4.13. The van der Waals surface area contributed by atoms with Gasteiger partial charge in [-0.15, -0.1) is 11.8 Å². The quantitative estimate of drug-likeness (QED) is 0.463. The molecule has 0 aliphatic carbocycles. The minimum absolute atomic E-state index is 0.226. The van der Waals surface area contributed by atoms with Gasteiger partial charge in [0.1, 0.15) is 0 Å². The van der Waals surface area contributed by atoms with Gasteiger partial charge >= 0.3 is 0 Å². The third-order valence-electron chi connectivity index (χ3n) is 0.735. The minimum atomic E-state index is 0.226. The lowest BCUT2D eigenvalue weighted by Gasteiger charge is -2.04. The second-order valence-electron chi connectivity index (χ2n) is 1.74. The summed E-state index contributed by atoms with van der Waals surface area (Å²) in [6.45, 7) is 2.07. The highest BCUT2D eigenvalue weighted by Crippen LogP contribution is 2.17. The molecule has 1 unspecified atom stereocenters. The first kappa shape index (κ1) is 10.4. The van der Waals surface area contributed by atoms with Crippen LogP contribution in [0, 0.1) is 0 Å². The second-order valence-corrected chi connectivity index (χ2v) is 5.97. The van der Waals surface area contributed by atoms with E-state index in [0.29, 0.717) is 4.58 Å². The summed E-state index contributed by atoms with van der Waals surface area (Å²) in [4.78, 5) is 0. The highest BCUT2D eigenvalue weighted by molar-refractivity contribution is 8.10. The van der Waals surface area contributed by atoms with E-state index in [2.05, 4.69) is 44.8 Å². The average Bonchev–Trinajstić information content (AvgIpc) is 1.63. The molecule has 9 heavy (non-hydrogen) atoms. The second kappa shape index (κ2) is 6.13. The summed E-state index contributed by atoms with van der Waals surface area (Å²) in [5.74, 6) is 1.10. The Morgan fingerprint density at radius 3 is 2.22 bits per heavy atom. The molecule has 0 rings (SSSR count). The van der Waals surface area contributed by atoms with E-state index in [4.69, 9.17) is 0 Å². The molecule has 0 saturated heterocycles. The normalized spacial score (nSPS) is 14.3. The van der Waals surface area contributed by atoms with Crippen LogP contribution in [0.25, 0.3) is 0 Å². The van der Waals surface area contributed by atoms with Crippen molar-refractivity contribution in [3.8, 4) is 0 Å². The standard InChI is InChI=1S/C5H12S4/c1-4(6)9-3-2-5(7)8/h4-8H,2-3H2,1H3. The van der Waals surface area contributed by atoms with E-state index in [1.54, 1.807) is 0 Å². The van der Waals surface area contributed by atoms with Crippen LogP contribution in [-0.2, 0) is 0 Å². The van der Waals surface area contributed by atoms with Crippen molar-refractivity contribution in [3.05, 3.63) is 0 Å². The molecule has 0 aromatic carbocycles. The van der Waals surface area contributed by atoms with E-state index in [0.717, 1.165) is 12.2 Å². The van der Waals surface area contributed by atoms with Crippen molar-refractivity contribution >= 4 is 49.6 Å². The Morgan fingerprint density at radius 1 is 1.33 bits per heavy atom. The summed E-state index contributed by atoms with van der Waals surface area (Å²) >= 11 is 14.3. The minimum Gasteiger partial charge on any atom is -0.165 e. The average molecular weight is 200 g/mol. The maximum Gasteiger partial charge on any atom is 0.0450 e. The predicted molar refractivity (Wildman–Crippen MR) is 57.3 cm³/mol. The van der Waals surface area contributed by atoms with E-state index in [1.807, 2.05) is 11.8 Å². The van der Waals surface area contributed by atoms with Gasteiger partial charge in [0.05, 0.1) is 0 Å². The van der Waals surface area contributed by atoms with Crippen molar-refractivity contribution in [1.29, 1.82) is 0 Å². The van der Waals surface area contributed by atoms with E-state index in [9.17, 15) is 0 Å². The molecule has 0 spiro atoms. The van der Waals surface area contributed by atoms with Crippen molar-refractivity contribution in [2.24, 2.45) is 0 Å². The first-order valence-corrected chi connectivity index (χ1v) is 5.38. The van der Waals surface area contributed by atoms with Crippen LogP contribution in [-0.4, -0.2) is 14.9 Å². The Balaban J connectivity index is 2.91. The van der Waals surface area contributed by atoms with Crippen molar-refractivity contribution in [1.82, 2.24) is 0 Å². The Labute approximate surface area is 77.8 Å². The highest BCUT2D eigenvalue weighted by atomic mass is 32.2. The van der Waals surface area contributed by atoms with Crippen molar-refractivity contribution in [3.63, 3.8) is 0 Å². The zero-order valence-corrected chi connectivity index (χ0v) is 8.82. The highest BCUT2D eigenvalue weighted by Gasteiger charge is 1.97. The van der Waals surface area contributed by atoms with Gasteiger partial charge in [-0.3, -0.25) is 0 Å². The van der Waals surface area contributed by atoms with E-state index in [-0.39, 0.29) is 4.58 Å². The summed E-state index contributed by atoms with van der Waals surface area (Å²) in [5.41, 5.74) is 0. The number of hydrogen-bond acceptors (Lipinski definition) is 4. The summed E-state index contributed by atoms with van der Waals surface area (Å²) < 4.78 is 0.662. The van der Waals surface area contributed by atoms with Crippen LogP contribution >= 0.6 is 49.6 Å². The molecule has 0 N–H and O–H groups in total. The fourth-order valence-corrected chi connectivity index (χ4v) is 1.98. The van der Waals surface area contributed by atoms with E-state index < -0.39 is 0 Å². The van der Waals surface area contributed by atoms with Gasteiger partial charge in [-0.05, 0) is 19.1 Å². The molecule has 0 radical (unpaired) electrons. The smallest absolute Gasteiger partial charge is 0.0450 e. The third kappa shape index (κ3) is 9.40. The van der Waals surface area contributed by atoms with Gasteiger partial charge in [0.25, 0.3) is 0 Å². The fourth-order valence-electron chi connectivity index (χ4n) is 0.344. The number of rotatable bonds is 4. The Bertz CT molecular complexity index is 54.0. The molecule has 56 valence electrons. The van der Waals surface area contributed by atoms with Gasteiger partial charge in [-0.2, -0.15) is 37.9 Å². The molecule has 0 aliphatic heterocycles. The van der Waals surface area contributed by atoms with Crippen LogP contribution in [0.4, 0.5) is 0 Å². The van der Waals surface area contributed by atoms with E-state index >= 15 is 0 Å². The third-order valence-corrected chi connectivity index (χ3v) is 2.65. The van der Waals surface area contributed by atoms with Gasteiger partial charge in [-0.1, -0.05) is 0 Å². The lowest BCUT2D eigenvalue weighted by atomic mass is 10.6. The Morgan fingerprint density at radius 2 is 1.89 bits per heavy atom. The summed E-state index contributed by atoms with van der Waals surface area (Å²) in [5, 5.41) is 0. The van der Waals surface area contributed by atoms with Crippen LogP contribution in [0.3, 0.4) is 0 Å². The summed E-state index contributed by atoms with van der Waals surface area (Å²) in [7, 11) is 0. The number of thiol groups is 3. The number of thioether (sulfide) groups is 1. The maximum absolute atomic E-state index is 4.21. The van der Waals surface area contributed by atoms with Crippen molar-refractivity contribution < 1.29 is 0 Å². The lowest BCUT2D eigenvalue weighted by molar-refractivity contribution is 1.08. The summed E-state index contributed by atoms with van der Waals surface area (Å²) in [6.07, 6.45) is 1.04. The molecule has 0 fully saturated rings. The molecule has 4 heteroatoms. The number of hydrogen-bond donors (Lipinski definition) is 3. The largest absolute Gasteiger partial charge is 0.165 e. The SMILES string of the molecule is CC(S)SCCC(S)S. The van der Waals surface area contributed by atoms with Crippen LogP contribution in [0.1, 0.15) is 13.3 Å². The van der Waals surface area contributed by atoms with Crippen LogP contribution in [0.5, 0.6) is 0 Å². The molecule has 0 aromatic rings. The van der Waals surface area contributed by atoms with Crippen LogP contribution in [0.2, 0.25) is 0 Å². The Kier molecular flexibility index (Phi) is 7.09. The zero-order valence-electron chi connectivity index (χ0n) is 5.32. The van der Waals surface area contributed by atoms with Crippen LogP contribution in [0.15, 0.2) is 0 Å². The molecular weight excluding hydrogens is 188 g/mol. The molecule has 0 saturated carbocycles. The fraction of sp³-hybridized carbons (Fsp3) is 1.00. The van der Waals surface area contributed by atoms with Gasteiger partial charge in [0.15, 0.2) is 0 Å². The van der Waals surface area contributed by atoms with Crippen LogP contribution < -0.4 is 0 Å². The molecule has 0 heterocycles. The molecule has 0 aromatic heterocycles. The van der Waals surface area contributed by atoms with Crippen molar-refractivity contribution in [2.75, 3.05) is 5.75 Å². The van der Waals surface area contributed by atoms with Gasteiger partial charge in [-0.25, -0.2) is 0 Å². The summed E-state index contributed by atoms with van der Waals surface area (Å²) in [6, 6.07) is 0. The van der Waals surface area contributed by atoms with Gasteiger partial charge in [0.2, 0.25) is 0 Å². The predicted octanol–water partition coefficient (Wildman–Crippen LogP) is 2.57. The molecular formula is C5H12S4. The van der Waals surface area contributed by atoms with Gasteiger partial charge < -0.3 is 0 Å². The van der Waals surface area contributed by atoms with Crippen molar-refractivity contribution in [2.45, 2.75) is 22.5 Å². The molecule has 0 nitrogen and oxygen atoms in total. The Hall–Kier alpha value is 1.40. The molecule has 0 bridgehead atoms. The van der Waals surface area contributed by atoms with Gasteiger partial charge in [0, 0.05) is 9.16 Å². The monoisotopic (exact) mass is 200 g/mol. The first-order valence-electron chi connectivity index (χ1n) is 2.78. The molecule has 0 amide bonds. The topological polar surface area (TPSA) is 0 Å². The molecule has 0 aliphatic rings. The lowest BCUT2D eigenvalue weighted by Crippen LogP contribution is -1.92. The maximum atomic E-state index is 4.21. The molecule has 1 atom stereocenters. The van der Waals surface area contributed by atoms with E-state index in [1.165, 1.54) is 0 Å². The zero-order chi connectivity index (χ0) is 7.28.